The number of nitrogens with zero attached hydrogens (tertiary/aromatic N) is 1. The molecule has 2 heterocycles. The van der Waals surface area contributed by atoms with Gasteiger partial charge in [0.2, 0.25) is 0 Å². The van der Waals surface area contributed by atoms with Gasteiger partial charge in [-0.25, -0.2) is 0 Å². The Balaban J connectivity index is 1.81. The molecule has 9 heteroatoms. The predicted octanol–water partition coefficient (Wildman–Crippen LogP) is 2.66. The molecule has 2 atom stereocenters. The molecule has 1 amide bonds. The quantitative estimate of drug-likeness (QED) is 0.716. The molecular weight excluding hydrogens is 358 g/mol. The molecule has 3 rings (SSSR count). The molecule has 0 aromatic heterocycles. The molecular formula is C17H19F4NO4. The zero-order valence-corrected chi connectivity index (χ0v) is 14.1. The monoisotopic (exact) mass is 377 g/mol. The van der Waals surface area contributed by atoms with Gasteiger partial charge in [0.25, 0.3) is 5.91 Å². The van der Waals surface area contributed by atoms with Crippen molar-refractivity contribution in [1.29, 1.82) is 0 Å². The third-order valence-corrected chi connectivity index (χ3v) is 4.86. The number of halogens is 4. The van der Waals surface area contributed by atoms with Crippen molar-refractivity contribution in [3.8, 4) is 5.75 Å². The minimum atomic E-state index is -4.68. The fourth-order valence-corrected chi connectivity index (χ4v) is 3.57. The second kappa shape index (κ2) is 7.03. The number of amides is 1. The number of ether oxygens (including phenoxy) is 3. The topological polar surface area (TPSA) is 48.0 Å². The van der Waals surface area contributed by atoms with E-state index in [4.69, 9.17) is 9.47 Å². The normalized spacial score (nSPS) is 25.6. The number of alkyl halides is 4. The Morgan fingerprint density at radius 2 is 2.15 bits per heavy atom. The number of likely N-dealkylation sites (tertiary alicyclic amines) is 1. The Morgan fingerprint density at radius 3 is 2.85 bits per heavy atom. The second-order valence-corrected chi connectivity index (χ2v) is 6.65. The van der Waals surface area contributed by atoms with E-state index in [1.807, 2.05) is 0 Å². The average Bonchev–Trinajstić information content (AvgIpc) is 3.11. The first kappa shape index (κ1) is 18.9. The van der Waals surface area contributed by atoms with Crippen LogP contribution in [-0.2, 0) is 9.47 Å². The lowest BCUT2D eigenvalue weighted by Gasteiger charge is -2.26. The Kier molecular flexibility index (Phi) is 5.12. The van der Waals surface area contributed by atoms with E-state index in [9.17, 15) is 22.4 Å². The van der Waals surface area contributed by atoms with Crippen LogP contribution in [0.1, 0.15) is 10.4 Å². The minimum Gasteiger partial charge on any atom is -0.427 e. The van der Waals surface area contributed by atoms with E-state index in [1.165, 1.54) is 23.1 Å². The molecule has 0 unspecified atom stereocenters. The summed E-state index contributed by atoms with van der Waals surface area (Å²) in [6, 6.07) is 5.17. The van der Waals surface area contributed by atoms with E-state index in [0.29, 0.717) is 32.9 Å². The third kappa shape index (κ3) is 3.37. The molecule has 2 saturated heterocycles. The summed E-state index contributed by atoms with van der Waals surface area (Å²) in [6.07, 6.45) is -8.68. The van der Waals surface area contributed by atoms with Crippen molar-refractivity contribution in [2.75, 3.05) is 40.0 Å². The van der Waals surface area contributed by atoms with Gasteiger partial charge < -0.3 is 19.1 Å². The van der Waals surface area contributed by atoms with Crippen molar-refractivity contribution in [1.82, 2.24) is 4.90 Å². The van der Waals surface area contributed by atoms with E-state index in [-0.39, 0.29) is 16.9 Å². The fraction of sp³-hybridized carbons (Fsp3) is 0.588. The highest BCUT2D eigenvalue weighted by Gasteiger charge is 2.52. The van der Waals surface area contributed by atoms with Crippen LogP contribution in [0.25, 0.3) is 0 Å². The summed E-state index contributed by atoms with van der Waals surface area (Å²) in [5, 5.41) is 0. The van der Waals surface area contributed by atoms with Crippen molar-refractivity contribution in [2.24, 2.45) is 11.3 Å². The van der Waals surface area contributed by atoms with Crippen LogP contribution in [0.15, 0.2) is 24.3 Å². The van der Waals surface area contributed by atoms with Gasteiger partial charge in [-0.3, -0.25) is 4.79 Å². The lowest BCUT2D eigenvalue weighted by atomic mass is 9.82. The van der Waals surface area contributed by atoms with Gasteiger partial charge in [-0.1, -0.05) is 12.1 Å². The lowest BCUT2D eigenvalue weighted by molar-refractivity contribution is -0.253. The molecule has 1 aromatic carbocycles. The van der Waals surface area contributed by atoms with Gasteiger partial charge in [-0.2, -0.15) is 17.6 Å². The van der Waals surface area contributed by atoms with Crippen LogP contribution in [0.5, 0.6) is 5.75 Å². The van der Waals surface area contributed by atoms with Crippen LogP contribution < -0.4 is 4.74 Å². The zero-order valence-electron chi connectivity index (χ0n) is 14.1. The number of hydrogen-bond acceptors (Lipinski definition) is 4. The molecule has 0 radical (unpaired) electrons. The number of fused-ring (bicyclic) bond motifs is 1. The molecule has 1 aromatic rings. The lowest BCUT2D eigenvalue weighted by Crippen LogP contribution is -2.38. The first-order valence-electron chi connectivity index (χ1n) is 8.09. The number of carbonyl (C=O) groups excluding carboxylic acids is 1. The van der Waals surface area contributed by atoms with E-state index < -0.39 is 24.2 Å². The molecule has 0 bridgehead atoms. The molecule has 0 saturated carbocycles. The fourth-order valence-electron chi connectivity index (χ4n) is 3.57. The summed E-state index contributed by atoms with van der Waals surface area (Å²) < 4.78 is 66.3. The van der Waals surface area contributed by atoms with Crippen molar-refractivity contribution in [3.63, 3.8) is 0 Å². The van der Waals surface area contributed by atoms with Gasteiger partial charge in [0.05, 0.1) is 25.4 Å². The van der Waals surface area contributed by atoms with Gasteiger partial charge in [-0.05, 0) is 12.1 Å². The van der Waals surface area contributed by atoms with Gasteiger partial charge in [-0.15, -0.1) is 0 Å². The summed E-state index contributed by atoms with van der Waals surface area (Å²) in [5.74, 6) is -1.05. The molecule has 26 heavy (non-hydrogen) atoms. The number of carbonyl (C=O) groups is 1. The van der Waals surface area contributed by atoms with E-state index >= 15 is 0 Å². The van der Waals surface area contributed by atoms with Crippen LogP contribution in [0, 0.1) is 11.3 Å². The van der Waals surface area contributed by atoms with Crippen LogP contribution >= 0.6 is 0 Å². The van der Waals surface area contributed by atoms with Crippen LogP contribution in [-0.4, -0.2) is 63.4 Å². The Bertz CT molecular complexity index is 672. The van der Waals surface area contributed by atoms with Crippen LogP contribution in [0.2, 0.25) is 0 Å². The first-order chi connectivity index (χ1) is 12.3. The molecule has 5 nitrogen and oxygen atoms in total. The van der Waals surface area contributed by atoms with E-state index in [2.05, 4.69) is 4.74 Å². The van der Waals surface area contributed by atoms with Gasteiger partial charge in [0, 0.05) is 31.5 Å². The zero-order chi connectivity index (χ0) is 18.9. The SMILES string of the molecule is COC[C@@]12COC[C@@H]1CN(C(=O)c1ccccc1OC(F)(F)C(F)F)C2. The summed E-state index contributed by atoms with van der Waals surface area (Å²) in [4.78, 5) is 14.3. The molecule has 2 aliphatic rings. The largest absolute Gasteiger partial charge is 0.461 e. The number of methoxy groups -OCH3 is 1. The predicted molar refractivity (Wildman–Crippen MR) is 82.5 cm³/mol. The second-order valence-electron chi connectivity index (χ2n) is 6.65. The standard InChI is InChI=1S/C17H19F4NO4/c1-24-9-16-8-22(6-11(16)7-25-10-16)14(23)12-4-2-3-5-13(12)26-17(20,21)15(18)19/h2-5,11,15H,6-10H2,1H3/t11-,16-/m0/s1. The molecule has 0 aliphatic carbocycles. The van der Waals surface area contributed by atoms with Crippen molar-refractivity contribution in [2.45, 2.75) is 12.5 Å². The maximum atomic E-state index is 13.3. The Morgan fingerprint density at radius 1 is 1.42 bits per heavy atom. The maximum Gasteiger partial charge on any atom is 0.461 e. The van der Waals surface area contributed by atoms with Crippen LogP contribution in [0.4, 0.5) is 17.6 Å². The summed E-state index contributed by atoms with van der Waals surface area (Å²) in [5.41, 5.74) is -0.520. The Hall–Kier alpha value is -1.87. The summed E-state index contributed by atoms with van der Waals surface area (Å²) in [7, 11) is 1.56. The molecule has 2 fully saturated rings. The average molecular weight is 377 g/mol. The maximum absolute atomic E-state index is 13.3. The third-order valence-electron chi connectivity index (χ3n) is 4.86. The van der Waals surface area contributed by atoms with Crippen molar-refractivity contribution in [3.05, 3.63) is 29.8 Å². The number of hydrogen-bond donors (Lipinski definition) is 0. The van der Waals surface area contributed by atoms with Gasteiger partial charge >= 0.3 is 12.5 Å². The highest BCUT2D eigenvalue weighted by molar-refractivity contribution is 5.97. The number of rotatable bonds is 6. The first-order valence-corrected chi connectivity index (χ1v) is 8.09. The van der Waals surface area contributed by atoms with E-state index in [0.717, 1.165) is 6.07 Å². The highest BCUT2D eigenvalue weighted by Crippen LogP contribution is 2.42. The minimum absolute atomic E-state index is 0.0713. The molecule has 2 aliphatic heterocycles. The molecule has 0 N–H and O–H groups in total. The van der Waals surface area contributed by atoms with Crippen molar-refractivity contribution < 1.29 is 36.6 Å². The van der Waals surface area contributed by atoms with Gasteiger partial charge in [0.15, 0.2) is 0 Å². The summed E-state index contributed by atoms with van der Waals surface area (Å²) >= 11 is 0. The Labute approximate surface area is 147 Å². The summed E-state index contributed by atoms with van der Waals surface area (Å²) in [6.45, 7) is 2.04. The van der Waals surface area contributed by atoms with Crippen LogP contribution in [0.3, 0.4) is 0 Å². The smallest absolute Gasteiger partial charge is 0.427 e. The highest BCUT2D eigenvalue weighted by atomic mass is 19.3. The van der Waals surface area contributed by atoms with Crippen molar-refractivity contribution >= 4 is 5.91 Å². The molecule has 144 valence electrons. The molecule has 0 spiro atoms. The number of benzene rings is 1. The van der Waals surface area contributed by atoms with Gasteiger partial charge in [0.1, 0.15) is 5.75 Å². The van der Waals surface area contributed by atoms with E-state index in [1.54, 1.807) is 7.11 Å². The number of para-hydroxylation sites is 1.